The summed E-state index contributed by atoms with van der Waals surface area (Å²) in [5.41, 5.74) is 2.94. The first-order valence-electron chi connectivity index (χ1n) is 9.70. The highest BCUT2D eigenvalue weighted by Gasteiger charge is 2.34. The number of hydrogen-bond acceptors (Lipinski definition) is 2. The number of carbonyl (C=O) groups is 2. The van der Waals surface area contributed by atoms with E-state index in [0.717, 1.165) is 16.7 Å². The topological polar surface area (TPSA) is 37.4 Å². The summed E-state index contributed by atoms with van der Waals surface area (Å²) in [6.45, 7) is 0.926. The molecule has 0 spiro atoms. The van der Waals surface area contributed by atoms with Crippen molar-refractivity contribution >= 4 is 11.7 Å². The van der Waals surface area contributed by atoms with Crippen molar-refractivity contribution in [3.63, 3.8) is 0 Å². The van der Waals surface area contributed by atoms with Gasteiger partial charge in [-0.1, -0.05) is 91.0 Å². The minimum Gasteiger partial charge on any atom is -0.340 e. The monoisotopic (exact) mass is 369 g/mol. The van der Waals surface area contributed by atoms with Gasteiger partial charge in [0.1, 0.15) is 5.78 Å². The van der Waals surface area contributed by atoms with Crippen molar-refractivity contribution in [2.24, 2.45) is 0 Å². The summed E-state index contributed by atoms with van der Waals surface area (Å²) < 4.78 is 0. The van der Waals surface area contributed by atoms with Crippen molar-refractivity contribution in [2.75, 3.05) is 13.1 Å². The summed E-state index contributed by atoms with van der Waals surface area (Å²) in [5, 5.41) is 0. The Morgan fingerprint density at radius 1 is 0.786 bits per heavy atom. The maximum Gasteiger partial charge on any atom is 0.234 e. The number of rotatable bonds is 4. The zero-order valence-corrected chi connectivity index (χ0v) is 15.7. The first-order valence-corrected chi connectivity index (χ1v) is 9.70. The van der Waals surface area contributed by atoms with Crippen molar-refractivity contribution < 1.29 is 9.59 Å². The van der Waals surface area contributed by atoms with Gasteiger partial charge in [-0.05, 0) is 16.7 Å². The number of nitrogens with zero attached hydrogens (tertiary/aromatic N) is 1. The minimum absolute atomic E-state index is 0.0610. The van der Waals surface area contributed by atoms with Gasteiger partial charge in [0.25, 0.3) is 0 Å². The normalized spacial score (nSPS) is 17.0. The van der Waals surface area contributed by atoms with Gasteiger partial charge in [0, 0.05) is 19.5 Å². The number of carbonyl (C=O) groups excluding carboxylic acids is 2. The Hall–Kier alpha value is -3.20. The SMILES string of the molecule is O=C1CCN(C(=O)C(c2ccccc2)c2ccccc2)CC1c1ccccc1. The van der Waals surface area contributed by atoms with Gasteiger partial charge in [0.05, 0.1) is 11.8 Å². The van der Waals surface area contributed by atoms with E-state index >= 15 is 0 Å². The molecule has 0 aromatic heterocycles. The molecule has 3 aromatic carbocycles. The molecule has 0 N–H and O–H groups in total. The fourth-order valence-electron chi connectivity index (χ4n) is 3.96. The molecule has 1 amide bonds. The second-order valence-corrected chi connectivity index (χ2v) is 7.22. The Balaban J connectivity index is 1.64. The van der Waals surface area contributed by atoms with Crippen LogP contribution in [0.4, 0.5) is 0 Å². The van der Waals surface area contributed by atoms with Crippen LogP contribution < -0.4 is 0 Å². The highest BCUT2D eigenvalue weighted by atomic mass is 16.2. The maximum atomic E-state index is 13.6. The van der Waals surface area contributed by atoms with Gasteiger partial charge in [0.2, 0.25) is 5.91 Å². The number of benzene rings is 3. The fraction of sp³-hybridized carbons (Fsp3) is 0.200. The number of ketones is 1. The predicted molar refractivity (Wildman–Crippen MR) is 110 cm³/mol. The Kier molecular flexibility index (Phi) is 5.34. The largest absolute Gasteiger partial charge is 0.340 e. The van der Waals surface area contributed by atoms with Crippen molar-refractivity contribution in [3.8, 4) is 0 Å². The van der Waals surface area contributed by atoms with Crippen LogP contribution in [-0.2, 0) is 9.59 Å². The van der Waals surface area contributed by atoms with Crippen LogP contribution in [0, 0.1) is 0 Å². The number of hydrogen-bond donors (Lipinski definition) is 0. The van der Waals surface area contributed by atoms with Gasteiger partial charge >= 0.3 is 0 Å². The van der Waals surface area contributed by atoms with Gasteiger partial charge < -0.3 is 4.90 Å². The third kappa shape index (κ3) is 3.74. The molecule has 3 heteroatoms. The van der Waals surface area contributed by atoms with E-state index in [9.17, 15) is 9.59 Å². The van der Waals surface area contributed by atoms with Crippen LogP contribution >= 0.6 is 0 Å². The summed E-state index contributed by atoms with van der Waals surface area (Å²) >= 11 is 0. The molecule has 4 rings (SSSR count). The van der Waals surface area contributed by atoms with Gasteiger partial charge in [-0.2, -0.15) is 0 Å². The highest BCUT2D eigenvalue weighted by Crippen LogP contribution is 2.30. The van der Waals surface area contributed by atoms with Crippen molar-refractivity contribution in [1.82, 2.24) is 4.90 Å². The fourth-order valence-corrected chi connectivity index (χ4v) is 3.96. The number of amides is 1. The zero-order valence-electron chi connectivity index (χ0n) is 15.7. The van der Waals surface area contributed by atoms with Crippen molar-refractivity contribution in [2.45, 2.75) is 18.3 Å². The van der Waals surface area contributed by atoms with Gasteiger partial charge in [-0.3, -0.25) is 9.59 Å². The molecule has 0 aliphatic carbocycles. The molecule has 1 fully saturated rings. The lowest BCUT2D eigenvalue weighted by atomic mass is 9.86. The molecule has 1 aliphatic rings. The molecule has 0 bridgehead atoms. The predicted octanol–water partition coefficient (Wildman–Crippen LogP) is 4.40. The Labute approximate surface area is 165 Å². The molecule has 1 heterocycles. The lowest BCUT2D eigenvalue weighted by molar-refractivity contribution is -0.136. The first kappa shape index (κ1) is 18.2. The maximum absolute atomic E-state index is 13.6. The van der Waals surface area contributed by atoms with Crippen LogP contribution in [0.3, 0.4) is 0 Å². The van der Waals surface area contributed by atoms with Crippen LogP contribution in [-0.4, -0.2) is 29.7 Å². The number of piperidine rings is 1. The van der Waals surface area contributed by atoms with E-state index in [-0.39, 0.29) is 23.5 Å². The second kappa shape index (κ2) is 8.22. The summed E-state index contributed by atoms with van der Waals surface area (Å²) in [6.07, 6.45) is 0.404. The van der Waals surface area contributed by atoms with E-state index in [2.05, 4.69) is 0 Å². The van der Waals surface area contributed by atoms with Crippen molar-refractivity contribution in [3.05, 3.63) is 108 Å². The van der Waals surface area contributed by atoms with Crippen LogP contribution in [0.5, 0.6) is 0 Å². The van der Waals surface area contributed by atoms with Crippen LogP contribution in [0.2, 0.25) is 0 Å². The molecule has 140 valence electrons. The molecule has 28 heavy (non-hydrogen) atoms. The summed E-state index contributed by atoms with van der Waals surface area (Å²) in [4.78, 5) is 28.0. The van der Waals surface area contributed by atoms with E-state index in [1.807, 2.05) is 95.9 Å². The lowest BCUT2D eigenvalue weighted by Gasteiger charge is -2.34. The van der Waals surface area contributed by atoms with E-state index < -0.39 is 0 Å². The lowest BCUT2D eigenvalue weighted by Crippen LogP contribution is -2.45. The highest BCUT2D eigenvalue weighted by molar-refractivity contribution is 5.92. The molecule has 0 saturated carbocycles. The summed E-state index contributed by atoms with van der Waals surface area (Å²) in [7, 11) is 0. The van der Waals surface area contributed by atoms with Gasteiger partial charge in [0.15, 0.2) is 0 Å². The second-order valence-electron chi connectivity index (χ2n) is 7.22. The molecule has 0 radical (unpaired) electrons. The van der Waals surface area contributed by atoms with Gasteiger partial charge in [-0.25, -0.2) is 0 Å². The standard InChI is InChI=1S/C25H23NO2/c27-23-16-17-26(18-22(23)19-10-4-1-5-11-19)25(28)24(20-12-6-2-7-13-20)21-14-8-3-9-15-21/h1-15,22,24H,16-18H2. The van der Waals surface area contributed by atoms with Crippen LogP contribution in [0.1, 0.15) is 34.9 Å². The van der Waals surface area contributed by atoms with E-state index in [0.29, 0.717) is 19.5 Å². The van der Waals surface area contributed by atoms with E-state index in [1.54, 1.807) is 0 Å². The zero-order chi connectivity index (χ0) is 19.3. The molecule has 1 atom stereocenters. The average Bonchev–Trinajstić information content (AvgIpc) is 2.76. The molecular weight excluding hydrogens is 346 g/mol. The summed E-state index contributed by atoms with van der Waals surface area (Å²) in [5.74, 6) is -0.324. The number of Topliss-reactive ketones (excluding diaryl/α,β-unsaturated/α-hetero) is 1. The average molecular weight is 369 g/mol. The van der Waals surface area contributed by atoms with Crippen LogP contribution in [0.25, 0.3) is 0 Å². The molecule has 1 unspecified atom stereocenters. The third-order valence-electron chi connectivity index (χ3n) is 5.45. The van der Waals surface area contributed by atoms with E-state index in [4.69, 9.17) is 0 Å². The molecule has 1 saturated heterocycles. The molecule has 1 aliphatic heterocycles. The Bertz CT molecular complexity index is 899. The van der Waals surface area contributed by atoms with Crippen molar-refractivity contribution in [1.29, 1.82) is 0 Å². The Morgan fingerprint density at radius 3 is 1.82 bits per heavy atom. The first-order chi connectivity index (χ1) is 13.7. The molecule has 3 aromatic rings. The minimum atomic E-state index is -0.355. The molecule has 3 nitrogen and oxygen atoms in total. The smallest absolute Gasteiger partial charge is 0.234 e. The Morgan fingerprint density at radius 2 is 1.29 bits per heavy atom. The third-order valence-corrected chi connectivity index (χ3v) is 5.45. The quantitative estimate of drug-likeness (QED) is 0.683. The van der Waals surface area contributed by atoms with Crippen LogP contribution in [0.15, 0.2) is 91.0 Å². The van der Waals surface area contributed by atoms with Gasteiger partial charge in [-0.15, -0.1) is 0 Å². The number of likely N-dealkylation sites (tertiary alicyclic amines) is 1. The van der Waals surface area contributed by atoms with E-state index in [1.165, 1.54) is 0 Å². The summed E-state index contributed by atoms with van der Waals surface area (Å²) in [6, 6.07) is 29.6. The molecular formula is C25H23NO2.